The van der Waals surface area contributed by atoms with Gasteiger partial charge in [0.2, 0.25) is 0 Å². The molecule has 2 aliphatic rings. The van der Waals surface area contributed by atoms with Gasteiger partial charge in [-0.1, -0.05) is 23.2 Å². The van der Waals surface area contributed by atoms with Crippen LogP contribution in [0.2, 0.25) is 10.0 Å². The minimum absolute atomic E-state index is 0.332. The van der Waals surface area contributed by atoms with E-state index in [9.17, 15) is 0 Å². The van der Waals surface area contributed by atoms with E-state index >= 15 is 0 Å². The van der Waals surface area contributed by atoms with Gasteiger partial charge in [0.05, 0.1) is 27.5 Å². The van der Waals surface area contributed by atoms with Crippen molar-refractivity contribution in [1.29, 1.82) is 0 Å². The van der Waals surface area contributed by atoms with E-state index in [0.717, 1.165) is 31.0 Å². The second-order valence-corrected chi connectivity index (χ2v) is 4.81. The number of halogens is 2. The van der Waals surface area contributed by atoms with E-state index in [2.05, 4.69) is 15.2 Å². The first-order valence-electron chi connectivity index (χ1n) is 5.26. The van der Waals surface area contributed by atoms with Crippen LogP contribution in [0.25, 0.3) is 0 Å². The highest BCUT2D eigenvalue weighted by molar-refractivity contribution is 6.42. The molecule has 0 bridgehead atoms. The summed E-state index contributed by atoms with van der Waals surface area (Å²) in [6, 6.07) is 4.07. The van der Waals surface area contributed by atoms with Gasteiger partial charge in [-0.05, 0) is 12.1 Å². The molecule has 1 saturated heterocycles. The lowest BCUT2D eigenvalue weighted by Crippen LogP contribution is -2.53. The smallest absolute Gasteiger partial charge is 0.0876 e. The maximum absolute atomic E-state index is 6.05. The highest BCUT2D eigenvalue weighted by Gasteiger charge is 2.26. The quantitative estimate of drug-likeness (QED) is 0.772. The molecule has 3 rings (SSSR count). The fraction of sp³-hybridized carbons (Fsp3) is 0.364. The molecule has 5 heteroatoms. The third-order valence-corrected chi connectivity index (χ3v) is 3.72. The zero-order valence-corrected chi connectivity index (χ0v) is 10.1. The Morgan fingerprint density at radius 1 is 1.31 bits per heavy atom. The van der Waals surface area contributed by atoms with Crippen molar-refractivity contribution in [3.8, 4) is 0 Å². The molecule has 0 amide bonds. The van der Waals surface area contributed by atoms with Gasteiger partial charge in [0.1, 0.15) is 0 Å². The van der Waals surface area contributed by atoms with Gasteiger partial charge in [-0.25, -0.2) is 0 Å². The van der Waals surface area contributed by atoms with Gasteiger partial charge in [0.15, 0.2) is 0 Å². The molecule has 0 aromatic heterocycles. The Kier molecular flexibility index (Phi) is 2.54. The number of benzene rings is 1. The minimum atomic E-state index is 0.332. The lowest BCUT2D eigenvalue weighted by atomic mass is 10.1. The lowest BCUT2D eigenvalue weighted by molar-refractivity contribution is 0.547. The van der Waals surface area contributed by atoms with Crippen molar-refractivity contribution in [1.82, 2.24) is 5.32 Å². The van der Waals surface area contributed by atoms with E-state index in [4.69, 9.17) is 23.2 Å². The fourth-order valence-corrected chi connectivity index (χ4v) is 2.50. The summed E-state index contributed by atoms with van der Waals surface area (Å²) in [7, 11) is 0. The van der Waals surface area contributed by atoms with Crippen molar-refractivity contribution >= 4 is 40.8 Å². The molecule has 0 radical (unpaired) electrons. The molecular weight excluding hydrogens is 245 g/mol. The Morgan fingerprint density at radius 3 is 3.00 bits per heavy atom. The van der Waals surface area contributed by atoms with Crippen molar-refractivity contribution in [2.75, 3.05) is 24.5 Å². The molecule has 16 heavy (non-hydrogen) atoms. The Bertz CT molecular complexity index is 459. The second kappa shape index (κ2) is 3.91. The summed E-state index contributed by atoms with van der Waals surface area (Å²) in [5, 5.41) is 4.50. The number of hydrogen-bond acceptors (Lipinski definition) is 3. The molecule has 0 aliphatic carbocycles. The van der Waals surface area contributed by atoms with Gasteiger partial charge in [-0.2, -0.15) is 0 Å². The van der Waals surface area contributed by atoms with E-state index in [-0.39, 0.29) is 0 Å². The van der Waals surface area contributed by atoms with Crippen molar-refractivity contribution in [2.24, 2.45) is 4.99 Å². The van der Waals surface area contributed by atoms with Crippen molar-refractivity contribution in [3.63, 3.8) is 0 Å². The Hall–Kier alpha value is -0.770. The minimum Gasteiger partial charge on any atom is -0.359 e. The molecular formula is C11H11Cl2N3. The number of piperazine rings is 1. The zero-order chi connectivity index (χ0) is 11.1. The molecule has 1 fully saturated rings. The number of anilines is 1. The first kappa shape index (κ1) is 10.4. The summed E-state index contributed by atoms with van der Waals surface area (Å²) in [6.07, 6.45) is 1.97. The Labute approximate surface area is 104 Å². The van der Waals surface area contributed by atoms with Crippen LogP contribution in [0.1, 0.15) is 0 Å². The van der Waals surface area contributed by atoms with Gasteiger partial charge in [-0.3, -0.25) is 4.99 Å². The van der Waals surface area contributed by atoms with Crippen molar-refractivity contribution in [3.05, 3.63) is 22.2 Å². The molecule has 1 atom stereocenters. The van der Waals surface area contributed by atoms with Gasteiger partial charge in [0.25, 0.3) is 0 Å². The van der Waals surface area contributed by atoms with E-state index in [0.29, 0.717) is 16.1 Å². The molecule has 84 valence electrons. The van der Waals surface area contributed by atoms with Crippen LogP contribution < -0.4 is 10.2 Å². The largest absolute Gasteiger partial charge is 0.359 e. The maximum Gasteiger partial charge on any atom is 0.0876 e. The van der Waals surface area contributed by atoms with Crippen molar-refractivity contribution < 1.29 is 0 Å². The van der Waals surface area contributed by atoms with E-state index in [1.807, 2.05) is 18.3 Å². The van der Waals surface area contributed by atoms with Gasteiger partial charge >= 0.3 is 0 Å². The molecule has 1 aromatic carbocycles. The highest BCUT2D eigenvalue weighted by Crippen LogP contribution is 2.39. The average Bonchev–Trinajstić information content (AvgIpc) is 2.31. The summed E-state index contributed by atoms with van der Waals surface area (Å²) >= 11 is 12.0. The third-order valence-electron chi connectivity index (χ3n) is 3.00. The zero-order valence-electron chi connectivity index (χ0n) is 8.58. The van der Waals surface area contributed by atoms with Gasteiger partial charge in [0, 0.05) is 25.8 Å². The summed E-state index contributed by atoms with van der Waals surface area (Å²) in [5.41, 5.74) is 2.00. The first-order chi connectivity index (χ1) is 7.75. The van der Waals surface area contributed by atoms with Crippen LogP contribution in [0.5, 0.6) is 0 Å². The van der Waals surface area contributed by atoms with Crippen LogP contribution >= 0.6 is 23.2 Å². The van der Waals surface area contributed by atoms with Gasteiger partial charge in [-0.15, -0.1) is 0 Å². The van der Waals surface area contributed by atoms with Gasteiger partial charge < -0.3 is 10.2 Å². The fourth-order valence-electron chi connectivity index (χ4n) is 2.18. The topological polar surface area (TPSA) is 27.6 Å². The molecule has 2 heterocycles. The summed E-state index contributed by atoms with van der Waals surface area (Å²) in [4.78, 5) is 6.75. The monoisotopic (exact) mass is 255 g/mol. The van der Waals surface area contributed by atoms with Crippen molar-refractivity contribution in [2.45, 2.75) is 6.04 Å². The first-order valence-corrected chi connectivity index (χ1v) is 6.02. The molecule has 1 N–H and O–H groups in total. The number of rotatable bonds is 0. The van der Waals surface area contributed by atoms with Crippen LogP contribution in [0, 0.1) is 0 Å². The maximum atomic E-state index is 6.05. The number of fused-ring (bicyclic) bond motifs is 3. The standard InChI is InChI=1S/C11H11Cl2N3/c12-8-3-10-11(4-9(8)13)16-2-1-14-5-7(16)6-15-10/h3-4,6-7,14H,1-2,5H2. The SMILES string of the molecule is Clc1cc2c(cc1Cl)N1CCNCC1C=N2. The van der Waals surface area contributed by atoms with Crippen LogP contribution in [0.4, 0.5) is 11.4 Å². The van der Waals surface area contributed by atoms with Crippen LogP contribution in [0.3, 0.4) is 0 Å². The highest BCUT2D eigenvalue weighted by atomic mass is 35.5. The second-order valence-electron chi connectivity index (χ2n) is 4.00. The predicted molar refractivity (Wildman–Crippen MR) is 68.6 cm³/mol. The number of aliphatic imine (C=N–C) groups is 1. The molecule has 0 spiro atoms. The van der Waals surface area contributed by atoms with Crippen LogP contribution in [-0.2, 0) is 0 Å². The molecule has 1 aromatic rings. The number of nitrogens with one attached hydrogen (secondary N) is 1. The van der Waals surface area contributed by atoms with Crippen LogP contribution in [-0.4, -0.2) is 31.9 Å². The predicted octanol–water partition coefficient (Wildman–Crippen LogP) is 2.49. The third kappa shape index (κ3) is 1.59. The molecule has 1 unspecified atom stereocenters. The summed E-state index contributed by atoms with van der Waals surface area (Å²) in [6.45, 7) is 2.90. The Morgan fingerprint density at radius 2 is 2.12 bits per heavy atom. The molecule has 3 nitrogen and oxygen atoms in total. The normalized spacial score (nSPS) is 22.9. The lowest BCUT2D eigenvalue weighted by Gasteiger charge is -2.38. The number of nitrogens with zero attached hydrogens (tertiary/aromatic N) is 2. The summed E-state index contributed by atoms with van der Waals surface area (Å²) < 4.78 is 0. The number of hydrogen-bond donors (Lipinski definition) is 1. The molecule has 0 saturated carbocycles. The van der Waals surface area contributed by atoms with E-state index in [1.54, 1.807) is 0 Å². The van der Waals surface area contributed by atoms with E-state index in [1.165, 1.54) is 0 Å². The summed E-state index contributed by atoms with van der Waals surface area (Å²) in [5.74, 6) is 0. The Balaban J connectivity index is 2.09. The molecule has 2 aliphatic heterocycles. The van der Waals surface area contributed by atoms with Crippen LogP contribution in [0.15, 0.2) is 17.1 Å². The van der Waals surface area contributed by atoms with E-state index < -0.39 is 0 Å². The average molecular weight is 256 g/mol.